The third-order valence-corrected chi connectivity index (χ3v) is 7.76. The van der Waals surface area contributed by atoms with Gasteiger partial charge in [0.1, 0.15) is 10.7 Å². The molecule has 7 heteroatoms. The molecule has 0 fully saturated rings. The predicted octanol–water partition coefficient (Wildman–Crippen LogP) is 5.36. The van der Waals surface area contributed by atoms with Crippen LogP contribution in [0.25, 0.3) is 0 Å². The maximum atomic E-state index is 13.3. The molecule has 1 aromatic heterocycles. The smallest absolute Gasteiger partial charge is 0.265 e. The number of benzene rings is 2. The van der Waals surface area contributed by atoms with Crippen LogP contribution in [0.15, 0.2) is 94.6 Å². The molecule has 32 heavy (non-hydrogen) atoms. The molecule has 0 bridgehead atoms. The molecular weight excluding hydrogens is 488 g/mol. The maximum Gasteiger partial charge on any atom is 0.265 e. The van der Waals surface area contributed by atoms with Gasteiger partial charge in [0.25, 0.3) is 10.0 Å². The van der Waals surface area contributed by atoms with Crippen LogP contribution in [0, 0.1) is 0 Å². The highest BCUT2D eigenvalue weighted by atomic mass is 79.9. The van der Waals surface area contributed by atoms with Gasteiger partial charge in [-0.3, -0.25) is 14.1 Å². The van der Waals surface area contributed by atoms with Crippen LogP contribution < -0.4 is 4.31 Å². The van der Waals surface area contributed by atoms with E-state index in [0.29, 0.717) is 29.4 Å². The second-order valence-corrected chi connectivity index (χ2v) is 9.96. The Hall–Kier alpha value is -2.77. The third-order valence-electron chi connectivity index (χ3n) is 4.95. The van der Waals surface area contributed by atoms with Crippen molar-refractivity contribution in [3.63, 3.8) is 0 Å². The highest BCUT2D eigenvalue weighted by Crippen LogP contribution is 2.29. The highest BCUT2D eigenvalue weighted by molar-refractivity contribution is 9.10. The molecule has 0 aliphatic rings. The number of Topliss-reactive ketones (excluding diaryl/α,β-unsaturated/α-hetero) is 1. The third kappa shape index (κ3) is 6.14. The molecule has 0 radical (unpaired) electrons. The molecule has 3 aromatic rings. The van der Waals surface area contributed by atoms with E-state index in [2.05, 4.69) is 20.9 Å². The van der Waals surface area contributed by atoms with Crippen molar-refractivity contribution in [3.05, 3.63) is 101 Å². The van der Waals surface area contributed by atoms with Crippen molar-refractivity contribution >= 4 is 37.4 Å². The second kappa shape index (κ2) is 11.2. The molecular formula is C25H25BrN2O3S. The van der Waals surface area contributed by atoms with Gasteiger partial charge in [0.05, 0.1) is 12.2 Å². The summed E-state index contributed by atoms with van der Waals surface area (Å²) in [6, 6.07) is 17.7. The van der Waals surface area contributed by atoms with E-state index in [4.69, 9.17) is 0 Å². The number of hydrogen-bond acceptors (Lipinski definition) is 4. The number of carbonyl (C=O) groups is 1. The first-order valence-corrected chi connectivity index (χ1v) is 12.5. The van der Waals surface area contributed by atoms with Crippen LogP contribution in [0.3, 0.4) is 0 Å². The average Bonchev–Trinajstić information content (AvgIpc) is 2.80. The van der Waals surface area contributed by atoms with E-state index in [0.717, 1.165) is 11.1 Å². The van der Waals surface area contributed by atoms with Crippen LogP contribution in [0.2, 0.25) is 0 Å². The SMILES string of the molecule is C/C=C/CN(c1ccc(CC(=O)CCc2cccnc2)cc1)S(=O)(=O)c1ccccc1Br. The molecule has 0 N–H and O–H groups in total. The summed E-state index contributed by atoms with van der Waals surface area (Å²) < 4.78 is 28.6. The lowest BCUT2D eigenvalue weighted by molar-refractivity contribution is -0.118. The van der Waals surface area contributed by atoms with Crippen molar-refractivity contribution in [1.29, 1.82) is 0 Å². The Kier molecular flexibility index (Phi) is 8.36. The van der Waals surface area contributed by atoms with Crippen LogP contribution in [0.5, 0.6) is 0 Å². The molecule has 5 nitrogen and oxygen atoms in total. The van der Waals surface area contributed by atoms with Crippen molar-refractivity contribution in [3.8, 4) is 0 Å². The molecule has 0 spiro atoms. The van der Waals surface area contributed by atoms with E-state index in [-0.39, 0.29) is 17.2 Å². The van der Waals surface area contributed by atoms with Gasteiger partial charge in [0.15, 0.2) is 0 Å². The van der Waals surface area contributed by atoms with E-state index >= 15 is 0 Å². The molecule has 0 saturated heterocycles. The van der Waals surface area contributed by atoms with Crippen LogP contribution in [-0.2, 0) is 27.7 Å². The minimum atomic E-state index is -3.77. The van der Waals surface area contributed by atoms with Crippen LogP contribution >= 0.6 is 15.9 Å². The molecule has 3 rings (SSSR count). The topological polar surface area (TPSA) is 67.3 Å². The zero-order chi connectivity index (χ0) is 23.0. The Bertz CT molecular complexity index is 1180. The largest absolute Gasteiger partial charge is 0.299 e. The van der Waals surface area contributed by atoms with Gasteiger partial charge < -0.3 is 0 Å². The summed E-state index contributed by atoms with van der Waals surface area (Å²) in [5.74, 6) is 0.133. The molecule has 0 aliphatic carbocycles. The zero-order valence-electron chi connectivity index (χ0n) is 17.8. The van der Waals surface area contributed by atoms with E-state index in [1.165, 1.54) is 4.31 Å². The van der Waals surface area contributed by atoms with Crippen LogP contribution in [0.1, 0.15) is 24.5 Å². The average molecular weight is 513 g/mol. The monoisotopic (exact) mass is 512 g/mol. The minimum Gasteiger partial charge on any atom is -0.299 e. The van der Waals surface area contributed by atoms with Crippen molar-refractivity contribution in [2.24, 2.45) is 0 Å². The van der Waals surface area contributed by atoms with Gasteiger partial charge in [-0.2, -0.15) is 0 Å². The Morgan fingerprint density at radius 2 is 1.78 bits per heavy atom. The van der Waals surface area contributed by atoms with Crippen molar-refractivity contribution in [2.45, 2.75) is 31.1 Å². The van der Waals surface area contributed by atoms with Crippen molar-refractivity contribution in [2.75, 3.05) is 10.8 Å². The number of rotatable bonds is 10. The van der Waals surface area contributed by atoms with E-state index < -0.39 is 10.0 Å². The van der Waals surface area contributed by atoms with E-state index in [1.54, 1.807) is 54.9 Å². The maximum absolute atomic E-state index is 13.3. The molecule has 0 amide bonds. The number of carbonyl (C=O) groups excluding carboxylic acids is 1. The summed E-state index contributed by atoms with van der Waals surface area (Å²) in [5.41, 5.74) is 2.44. The lowest BCUT2D eigenvalue weighted by Gasteiger charge is -2.24. The van der Waals surface area contributed by atoms with E-state index in [9.17, 15) is 13.2 Å². The number of aromatic nitrogens is 1. The van der Waals surface area contributed by atoms with Crippen LogP contribution in [0.4, 0.5) is 5.69 Å². The van der Waals surface area contributed by atoms with Gasteiger partial charge >= 0.3 is 0 Å². The lowest BCUT2D eigenvalue weighted by atomic mass is 10.0. The standard InChI is InChI=1S/C25H25BrN2O3S/c1-2-3-17-28(32(30,31)25-9-5-4-8-24(25)26)22-13-10-20(11-14-22)18-23(29)15-12-21-7-6-16-27-19-21/h2-11,13-14,16,19H,12,15,17-18H2,1H3/b3-2+. The fraction of sp³-hybridized carbons (Fsp3) is 0.200. The fourth-order valence-electron chi connectivity index (χ4n) is 3.24. The summed E-state index contributed by atoms with van der Waals surface area (Å²) in [5, 5.41) is 0. The molecule has 2 aromatic carbocycles. The molecule has 1 heterocycles. The highest BCUT2D eigenvalue weighted by Gasteiger charge is 2.26. The number of pyridine rings is 1. The van der Waals surface area contributed by atoms with Crippen LogP contribution in [-0.4, -0.2) is 25.7 Å². The second-order valence-electron chi connectivity index (χ2n) is 7.28. The summed E-state index contributed by atoms with van der Waals surface area (Å²) in [4.78, 5) is 16.7. The minimum absolute atomic E-state index is 0.133. The zero-order valence-corrected chi connectivity index (χ0v) is 20.2. The quantitative estimate of drug-likeness (QED) is 0.343. The number of allylic oxidation sites excluding steroid dienone is 1. The van der Waals surface area contributed by atoms with Gasteiger partial charge in [0.2, 0.25) is 0 Å². The van der Waals surface area contributed by atoms with Gasteiger partial charge in [0, 0.05) is 29.7 Å². The molecule has 0 unspecified atom stereocenters. The first kappa shape index (κ1) is 23.9. The van der Waals surface area contributed by atoms with Gasteiger partial charge in [-0.1, -0.05) is 42.5 Å². The van der Waals surface area contributed by atoms with Crippen molar-refractivity contribution < 1.29 is 13.2 Å². The summed E-state index contributed by atoms with van der Waals surface area (Å²) in [6.45, 7) is 2.06. The number of ketones is 1. The Morgan fingerprint density at radius 1 is 1.03 bits per heavy atom. The first-order chi connectivity index (χ1) is 15.4. The number of anilines is 1. The summed E-state index contributed by atoms with van der Waals surface area (Å²) in [7, 11) is -3.77. The number of nitrogens with zero attached hydrogens (tertiary/aromatic N) is 2. The van der Waals surface area contributed by atoms with E-state index in [1.807, 2.05) is 37.3 Å². The lowest BCUT2D eigenvalue weighted by Crippen LogP contribution is -2.31. The Morgan fingerprint density at radius 3 is 2.44 bits per heavy atom. The molecule has 166 valence electrons. The molecule has 0 aliphatic heterocycles. The van der Waals surface area contributed by atoms with Crippen molar-refractivity contribution in [1.82, 2.24) is 4.98 Å². The normalized spacial score (nSPS) is 11.6. The number of halogens is 1. The Balaban J connectivity index is 1.75. The first-order valence-electron chi connectivity index (χ1n) is 10.3. The number of aryl methyl sites for hydroxylation is 1. The predicted molar refractivity (Wildman–Crippen MR) is 131 cm³/mol. The number of hydrogen-bond donors (Lipinski definition) is 0. The van der Waals surface area contributed by atoms with Gasteiger partial charge in [-0.25, -0.2) is 8.42 Å². The Labute approximate surface area is 198 Å². The summed E-state index contributed by atoms with van der Waals surface area (Å²) >= 11 is 3.35. The van der Waals surface area contributed by atoms with Gasteiger partial charge in [-0.15, -0.1) is 0 Å². The molecule has 0 atom stereocenters. The fourth-order valence-corrected chi connectivity index (χ4v) is 5.62. The number of sulfonamides is 1. The molecule has 0 saturated carbocycles. The van der Waals surface area contributed by atoms with Gasteiger partial charge in [-0.05, 0) is 70.7 Å². The summed E-state index contributed by atoms with van der Waals surface area (Å²) in [6.07, 6.45) is 8.51.